The molecule has 2 bridgehead atoms. The fourth-order valence-corrected chi connectivity index (χ4v) is 4.15. The fourth-order valence-electron chi connectivity index (χ4n) is 2.61. The number of fused-ring (bicyclic) bond motifs is 2. The fraction of sp³-hybridized carbons (Fsp3) is 0.800. The summed E-state index contributed by atoms with van der Waals surface area (Å²) in [5, 5.41) is 0.479. The summed E-state index contributed by atoms with van der Waals surface area (Å²) < 4.78 is 5.72. The van der Waals surface area contributed by atoms with Crippen molar-refractivity contribution < 1.29 is 9.53 Å². The van der Waals surface area contributed by atoms with Gasteiger partial charge in [-0.15, -0.1) is 11.8 Å². The van der Waals surface area contributed by atoms with Gasteiger partial charge >= 0.3 is 6.09 Å². The predicted molar refractivity (Wildman–Crippen MR) is 80.5 cm³/mol. The molecule has 0 aromatic heterocycles. The zero-order valence-corrected chi connectivity index (χ0v) is 13.6. The number of carbonyl (C=O) groups excluding carboxylic acids is 1. The average Bonchev–Trinajstić information content (AvgIpc) is 2.70. The third-order valence-corrected chi connectivity index (χ3v) is 4.81. The van der Waals surface area contributed by atoms with Crippen LogP contribution < -0.4 is 0 Å². The Morgan fingerprint density at radius 3 is 2.37 bits per heavy atom. The summed E-state index contributed by atoms with van der Waals surface area (Å²) in [5.41, 5.74) is -0.421. The van der Waals surface area contributed by atoms with E-state index in [1.165, 1.54) is 0 Å². The summed E-state index contributed by atoms with van der Waals surface area (Å²) in [6, 6.07) is 0.198. The highest BCUT2D eigenvalue weighted by Gasteiger charge is 2.48. The molecule has 19 heavy (non-hydrogen) atoms. The Labute approximate surface area is 120 Å². The molecule has 3 atom stereocenters. The molecule has 0 aromatic rings. The Hall–Kier alpha value is -0.640. The van der Waals surface area contributed by atoms with Gasteiger partial charge in [-0.05, 0) is 20.8 Å². The third kappa shape index (κ3) is 3.47. The molecule has 108 valence electrons. The number of hydrogen-bond donors (Lipinski definition) is 0. The van der Waals surface area contributed by atoms with E-state index >= 15 is 0 Å². The van der Waals surface area contributed by atoms with Crippen LogP contribution in [0.1, 0.15) is 41.5 Å². The molecular weight excluding hydrogens is 258 g/mol. The maximum Gasteiger partial charge on any atom is 0.410 e. The lowest BCUT2D eigenvalue weighted by Crippen LogP contribution is -2.41. The van der Waals surface area contributed by atoms with Gasteiger partial charge in [-0.2, -0.15) is 0 Å². The maximum atomic E-state index is 12.2. The number of likely N-dealkylation sites (tertiary alicyclic amines) is 1. The number of hydrogen-bond acceptors (Lipinski definition) is 3. The lowest BCUT2D eigenvalue weighted by atomic mass is 10.1. The molecule has 1 fully saturated rings. The van der Waals surface area contributed by atoms with Crippen molar-refractivity contribution >= 4 is 17.9 Å². The number of nitrogens with zero attached hydrogens (tertiary/aromatic N) is 1. The van der Waals surface area contributed by atoms with E-state index in [1.807, 2.05) is 37.4 Å². The van der Waals surface area contributed by atoms with Crippen LogP contribution in [-0.2, 0) is 4.74 Å². The summed E-state index contributed by atoms with van der Waals surface area (Å²) >= 11 is 1.97. The topological polar surface area (TPSA) is 29.5 Å². The first kappa shape index (κ1) is 14.8. The van der Waals surface area contributed by atoms with Crippen LogP contribution in [0.3, 0.4) is 0 Å². The molecule has 1 heterocycles. The molecule has 1 aliphatic carbocycles. The monoisotopic (exact) mass is 283 g/mol. The van der Waals surface area contributed by atoms with Crippen LogP contribution in [0.4, 0.5) is 4.79 Å². The van der Waals surface area contributed by atoms with Crippen LogP contribution in [0.25, 0.3) is 0 Å². The second-order valence-electron chi connectivity index (χ2n) is 7.37. The van der Waals surface area contributed by atoms with Crippen LogP contribution in [0, 0.1) is 5.92 Å². The van der Waals surface area contributed by atoms with Gasteiger partial charge in [-0.1, -0.05) is 32.9 Å². The van der Waals surface area contributed by atoms with Gasteiger partial charge in [-0.25, -0.2) is 4.79 Å². The molecule has 2 rings (SSSR count). The van der Waals surface area contributed by atoms with Gasteiger partial charge < -0.3 is 4.74 Å². The molecule has 1 amide bonds. The van der Waals surface area contributed by atoms with E-state index in [9.17, 15) is 4.79 Å². The van der Waals surface area contributed by atoms with Gasteiger partial charge in [0.15, 0.2) is 0 Å². The van der Waals surface area contributed by atoms with Crippen LogP contribution >= 0.6 is 11.8 Å². The third-order valence-electron chi connectivity index (χ3n) is 3.20. The second kappa shape index (κ2) is 4.72. The van der Waals surface area contributed by atoms with Gasteiger partial charge in [0.25, 0.3) is 0 Å². The van der Waals surface area contributed by atoms with E-state index in [-0.39, 0.29) is 16.9 Å². The average molecular weight is 283 g/mol. The molecule has 1 saturated heterocycles. The number of carbonyl (C=O) groups is 1. The number of rotatable bonds is 1. The van der Waals surface area contributed by atoms with Crippen molar-refractivity contribution in [3.05, 3.63) is 12.2 Å². The summed E-state index contributed by atoms with van der Waals surface area (Å²) in [5.74, 6) is 0.474. The SMILES string of the molecule is CC(C)(C)OC(=O)N1C[C@@H]2C=C[C@H]1[C@@H]2SC(C)(C)C. The van der Waals surface area contributed by atoms with Gasteiger partial charge in [0.1, 0.15) is 5.60 Å². The van der Waals surface area contributed by atoms with Crippen molar-refractivity contribution in [2.45, 2.75) is 63.2 Å². The van der Waals surface area contributed by atoms with Crippen molar-refractivity contribution in [1.29, 1.82) is 0 Å². The number of amides is 1. The Bertz CT molecular complexity index is 392. The van der Waals surface area contributed by atoms with Gasteiger partial charge in [0, 0.05) is 22.5 Å². The second-order valence-corrected chi connectivity index (χ2v) is 9.37. The van der Waals surface area contributed by atoms with E-state index in [1.54, 1.807) is 0 Å². The first-order valence-electron chi connectivity index (χ1n) is 6.93. The zero-order chi connectivity index (χ0) is 14.4. The van der Waals surface area contributed by atoms with Gasteiger partial charge in [0.05, 0.1) is 6.04 Å². The molecule has 4 heteroatoms. The standard InChI is InChI=1S/C15H25NO2S/c1-14(2,3)18-13(17)16-9-10-7-8-11(16)12(10)19-15(4,5)6/h7-8,10-12H,9H2,1-6H3/t10-,11-,12+/m0/s1. The van der Waals surface area contributed by atoms with Crippen LogP contribution in [0.5, 0.6) is 0 Å². The Balaban J connectivity index is 2.04. The lowest BCUT2D eigenvalue weighted by Gasteiger charge is -2.30. The minimum atomic E-state index is -0.421. The molecule has 0 aromatic carbocycles. The minimum Gasteiger partial charge on any atom is -0.444 e. The molecule has 0 radical (unpaired) electrons. The minimum absolute atomic E-state index is 0.177. The Morgan fingerprint density at radius 2 is 1.84 bits per heavy atom. The molecule has 0 spiro atoms. The zero-order valence-electron chi connectivity index (χ0n) is 12.8. The summed E-state index contributed by atoms with van der Waals surface area (Å²) in [4.78, 5) is 14.1. The molecule has 2 aliphatic rings. The van der Waals surface area contributed by atoms with E-state index in [4.69, 9.17) is 4.74 Å². The highest BCUT2D eigenvalue weighted by atomic mass is 32.2. The highest BCUT2D eigenvalue weighted by Crippen LogP contribution is 2.44. The molecule has 0 saturated carbocycles. The number of ether oxygens (including phenoxy) is 1. The molecule has 3 nitrogen and oxygen atoms in total. The largest absolute Gasteiger partial charge is 0.444 e. The van der Waals surface area contributed by atoms with Crippen molar-refractivity contribution in [3.8, 4) is 0 Å². The van der Waals surface area contributed by atoms with Crippen LogP contribution in [-0.4, -0.2) is 39.2 Å². The maximum absolute atomic E-state index is 12.2. The van der Waals surface area contributed by atoms with Crippen LogP contribution in [0.15, 0.2) is 12.2 Å². The first-order chi connectivity index (χ1) is 8.57. The molecule has 0 N–H and O–H groups in total. The van der Waals surface area contributed by atoms with Gasteiger partial charge in [0.2, 0.25) is 0 Å². The van der Waals surface area contributed by atoms with E-state index in [0.29, 0.717) is 11.2 Å². The summed E-state index contributed by atoms with van der Waals surface area (Å²) in [7, 11) is 0. The van der Waals surface area contributed by atoms with Crippen LogP contribution in [0.2, 0.25) is 0 Å². The van der Waals surface area contributed by atoms with E-state index in [0.717, 1.165) is 6.54 Å². The van der Waals surface area contributed by atoms with Crippen molar-refractivity contribution in [2.75, 3.05) is 6.54 Å². The van der Waals surface area contributed by atoms with E-state index in [2.05, 4.69) is 32.9 Å². The first-order valence-corrected chi connectivity index (χ1v) is 7.80. The van der Waals surface area contributed by atoms with Crippen molar-refractivity contribution in [2.24, 2.45) is 5.92 Å². The lowest BCUT2D eigenvalue weighted by molar-refractivity contribution is 0.0248. The summed E-state index contributed by atoms with van der Waals surface area (Å²) in [6.45, 7) is 13.2. The number of thioether (sulfide) groups is 1. The smallest absolute Gasteiger partial charge is 0.410 e. The van der Waals surface area contributed by atoms with Crippen molar-refractivity contribution in [3.63, 3.8) is 0 Å². The van der Waals surface area contributed by atoms with E-state index < -0.39 is 5.60 Å². The summed E-state index contributed by atoms with van der Waals surface area (Å²) in [6.07, 6.45) is 4.25. The molecule has 0 unspecified atom stereocenters. The molecular formula is C15H25NO2S. The quantitative estimate of drug-likeness (QED) is 0.687. The van der Waals surface area contributed by atoms with Gasteiger partial charge in [-0.3, -0.25) is 4.90 Å². The normalized spacial score (nSPS) is 30.0. The Morgan fingerprint density at radius 1 is 1.21 bits per heavy atom. The highest BCUT2D eigenvalue weighted by molar-refractivity contribution is 8.01. The predicted octanol–water partition coefficient (Wildman–Crippen LogP) is 3.69. The van der Waals surface area contributed by atoms with Crippen molar-refractivity contribution in [1.82, 2.24) is 4.90 Å². The molecule has 1 aliphatic heterocycles. The Kier molecular flexibility index (Phi) is 3.67.